The van der Waals surface area contributed by atoms with E-state index >= 15 is 0 Å². The highest BCUT2D eigenvalue weighted by Crippen LogP contribution is 2.47. The molecule has 2 fully saturated rings. The van der Waals surface area contributed by atoms with Gasteiger partial charge in [-0.15, -0.1) is 0 Å². The Morgan fingerprint density at radius 2 is 1.80 bits per heavy atom. The van der Waals surface area contributed by atoms with Gasteiger partial charge >= 0.3 is 0 Å². The van der Waals surface area contributed by atoms with Gasteiger partial charge in [0.1, 0.15) is 0 Å². The van der Waals surface area contributed by atoms with E-state index < -0.39 is 0 Å². The third kappa shape index (κ3) is 3.98. The van der Waals surface area contributed by atoms with Crippen molar-refractivity contribution in [1.29, 1.82) is 0 Å². The minimum absolute atomic E-state index is 0.628. The highest BCUT2D eigenvalue weighted by atomic mass is 15.2. The summed E-state index contributed by atoms with van der Waals surface area (Å²) in [6.45, 7) is 14.7. The molecule has 0 aromatic rings. The monoisotopic (exact) mass is 280 g/mol. The van der Waals surface area contributed by atoms with Crippen LogP contribution in [0.4, 0.5) is 0 Å². The Balaban J connectivity index is 1.68. The zero-order chi connectivity index (χ0) is 14.8. The summed E-state index contributed by atoms with van der Waals surface area (Å²) in [5.74, 6) is 1.87. The van der Waals surface area contributed by atoms with E-state index in [1.165, 1.54) is 58.3 Å². The molecule has 2 heteroatoms. The lowest BCUT2D eigenvalue weighted by atomic mass is 9.64. The maximum Gasteiger partial charge on any atom is 0.0106 e. The van der Waals surface area contributed by atoms with Crippen LogP contribution in [0.1, 0.15) is 59.8 Å². The molecule has 20 heavy (non-hydrogen) atoms. The van der Waals surface area contributed by atoms with Gasteiger partial charge in [-0.3, -0.25) is 0 Å². The summed E-state index contributed by atoms with van der Waals surface area (Å²) in [6.07, 6.45) is 7.14. The Morgan fingerprint density at radius 1 is 1.20 bits per heavy atom. The molecule has 0 aromatic heterocycles. The molecule has 118 valence electrons. The number of hydrogen-bond acceptors (Lipinski definition) is 2. The van der Waals surface area contributed by atoms with Crippen LogP contribution in [0.3, 0.4) is 0 Å². The molecule has 0 bridgehead atoms. The zero-order valence-electron chi connectivity index (χ0n) is 14.5. The standard InChI is InChI=1S/C18H36N2/c1-6-19(5)12-9-18(4)13-17(14-18)20-10-7-16(8-11-20)15(2)3/h15-17H,6-14H2,1-5H3. The van der Waals surface area contributed by atoms with Gasteiger partial charge in [-0.05, 0) is 82.6 Å². The molecule has 0 N–H and O–H groups in total. The summed E-state index contributed by atoms with van der Waals surface area (Å²) in [5, 5.41) is 0. The van der Waals surface area contributed by atoms with E-state index in [0.717, 1.165) is 17.9 Å². The number of rotatable bonds is 6. The smallest absolute Gasteiger partial charge is 0.0106 e. The fourth-order valence-corrected chi connectivity index (χ4v) is 4.11. The van der Waals surface area contributed by atoms with Crippen molar-refractivity contribution in [1.82, 2.24) is 9.80 Å². The summed E-state index contributed by atoms with van der Waals surface area (Å²) in [7, 11) is 2.25. The summed E-state index contributed by atoms with van der Waals surface area (Å²) in [6, 6.07) is 0.903. The molecule has 0 amide bonds. The average molecular weight is 281 g/mol. The lowest BCUT2D eigenvalue weighted by Crippen LogP contribution is -2.53. The molecule has 1 saturated carbocycles. The maximum atomic E-state index is 2.80. The Bertz CT molecular complexity index is 286. The largest absolute Gasteiger partial charge is 0.307 e. The quantitative estimate of drug-likeness (QED) is 0.729. The van der Waals surface area contributed by atoms with Crippen molar-refractivity contribution in [2.24, 2.45) is 17.3 Å². The lowest BCUT2D eigenvalue weighted by molar-refractivity contribution is -0.0160. The molecule has 1 aliphatic carbocycles. The lowest BCUT2D eigenvalue weighted by Gasteiger charge is -2.52. The minimum Gasteiger partial charge on any atom is -0.307 e. The predicted octanol–water partition coefficient (Wildman–Crippen LogP) is 3.86. The summed E-state index contributed by atoms with van der Waals surface area (Å²) >= 11 is 0. The molecule has 0 atom stereocenters. The second-order valence-corrected chi connectivity index (χ2v) is 8.14. The maximum absolute atomic E-state index is 2.80. The van der Waals surface area contributed by atoms with Crippen molar-refractivity contribution >= 4 is 0 Å². The summed E-state index contributed by atoms with van der Waals surface area (Å²) in [5.41, 5.74) is 0.628. The topological polar surface area (TPSA) is 6.48 Å². The van der Waals surface area contributed by atoms with Gasteiger partial charge in [-0.25, -0.2) is 0 Å². The van der Waals surface area contributed by atoms with Gasteiger partial charge < -0.3 is 9.80 Å². The summed E-state index contributed by atoms with van der Waals surface area (Å²) < 4.78 is 0. The van der Waals surface area contributed by atoms with Crippen LogP contribution in [0.2, 0.25) is 0 Å². The van der Waals surface area contributed by atoms with Crippen LogP contribution in [-0.2, 0) is 0 Å². The van der Waals surface area contributed by atoms with Crippen molar-refractivity contribution < 1.29 is 0 Å². The molecule has 1 heterocycles. The van der Waals surface area contributed by atoms with Crippen LogP contribution >= 0.6 is 0 Å². The molecule has 0 unspecified atom stereocenters. The van der Waals surface area contributed by atoms with E-state index in [0.29, 0.717) is 5.41 Å². The molecular weight excluding hydrogens is 244 g/mol. The average Bonchev–Trinajstić information content (AvgIpc) is 2.41. The van der Waals surface area contributed by atoms with E-state index in [1.54, 1.807) is 0 Å². The first-order valence-electron chi connectivity index (χ1n) is 8.86. The molecule has 1 aliphatic heterocycles. The van der Waals surface area contributed by atoms with E-state index in [4.69, 9.17) is 0 Å². The zero-order valence-corrected chi connectivity index (χ0v) is 14.5. The second-order valence-electron chi connectivity index (χ2n) is 8.14. The molecular formula is C18H36N2. The van der Waals surface area contributed by atoms with Crippen molar-refractivity contribution in [3.8, 4) is 0 Å². The van der Waals surface area contributed by atoms with Crippen LogP contribution in [-0.4, -0.2) is 49.1 Å². The molecule has 2 nitrogen and oxygen atoms in total. The van der Waals surface area contributed by atoms with E-state index in [9.17, 15) is 0 Å². The first kappa shape index (κ1) is 16.3. The van der Waals surface area contributed by atoms with Crippen LogP contribution in [0.5, 0.6) is 0 Å². The van der Waals surface area contributed by atoms with E-state index in [1.807, 2.05) is 0 Å². The van der Waals surface area contributed by atoms with Crippen molar-refractivity contribution in [2.45, 2.75) is 65.8 Å². The van der Waals surface area contributed by atoms with Crippen molar-refractivity contribution in [3.63, 3.8) is 0 Å². The Morgan fingerprint density at radius 3 is 2.30 bits per heavy atom. The third-order valence-corrected chi connectivity index (χ3v) is 6.13. The second kappa shape index (κ2) is 6.79. The fourth-order valence-electron chi connectivity index (χ4n) is 4.11. The molecule has 1 saturated heterocycles. The van der Waals surface area contributed by atoms with Crippen LogP contribution in [0.15, 0.2) is 0 Å². The number of piperidine rings is 1. The Kier molecular flexibility index (Phi) is 5.53. The number of hydrogen-bond donors (Lipinski definition) is 0. The number of likely N-dealkylation sites (tertiary alicyclic amines) is 1. The number of nitrogens with zero attached hydrogens (tertiary/aromatic N) is 2. The van der Waals surface area contributed by atoms with Crippen molar-refractivity contribution in [2.75, 3.05) is 33.2 Å². The first-order chi connectivity index (χ1) is 9.43. The van der Waals surface area contributed by atoms with Crippen LogP contribution in [0.25, 0.3) is 0 Å². The van der Waals surface area contributed by atoms with Gasteiger partial charge in [0.25, 0.3) is 0 Å². The van der Waals surface area contributed by atoms with Gasteiger partial charge in [0, 0.05) is 6.04 Å². The predicted molar refractivity (Wildman–Crippen MR) is 88.1 cm³/mol. The molecule has 0 radical (unpaired) electrons. The third-order valence-electron chi connectivity index (χ3n) is 6.13. The normalized spacial score (nSPS) is 32.9. The van der Waals surface area contributed by atoms with E-state index in [2.05, 4.69) is 44.5 Å². The molecule has 0 aromatic carbocycles. The molecule has 2 rings (SSSR count). The van der Waals surface area contributed by atoms with Crippen LogP contribution < -0.4 is 0 Å². The van der Waals surface area contributed by atoms with E-state index in [-0.39, 0.29) is 0 Å². The molecule has 2 aliphatic rings. The van der Waals surface area contributed by atoms with Gasteiger partial charge in [-0.2, -0.15) is 0 Å². The fraction of sp³-hybridized carbons (Fsp3) is 1.00. The Hall–Kier alpha value is -0.0800. The SMILES string of the molecule is CCN(C)CCC1(C)CC(N2CCC(C(C)C)CC2)C1. The first-order valence-corrected chi connectivity index (χ1v) is 8.86. The summed E-state index contributed by atoms with van der Waals surface area (Å²) in [4.78, 5) is 5.25. The highest BCUT2D eigenvalue weighted by molar-refractivity contribution is 4.97. The highest BCUT2D eigenvalue weighted by Gasteiger charge is 2.43. The minimum atomic E-state index is 0.628. The van der Waals surface area contributed by atoms with Gasteiger partial charge in [-0.1, -0.05) is 27.7 Å². The van der Waals surface area contributed by atoms with Gasteiger partial charge in [0.05, 0.1) is 0 Å². The Labute approximate surface area is 126 Å². The molecule has 0 spiro atoms. The van der Waals surface area contributed by atoms with Crippen molar-refractivity contribution in [3.05, 3.63) is 0 Å². The van der Waals surface area contributed by atoms with Crippen LogP contribution in [0, 0.1) is 17.3 Å². The van der Waals surface area contributed by atoms with Gasteiger partial charge in [0.2, 0.25) is 0 Å². The van der Waals surface area contributed by atoms with Gasteiger partial charge in [0.15, 0.2) is 0 Å².